The van der Waals surface area contributed by atoms with Crippen molar-refractivity contribution in [2.24, 2.45) is 15.7 Å². The number of carbonyl (C=O) groups is 7. The number of aromatic amines is 1. The summed E-state index contributed by atoms with van der Waals surface area (Å²) >= 11 is 0. The molecule has 0 aliphatic carbocycles. The van der Waals surface area contributed by atoms with E-state index in [1.165, 1.54) is 39.3 Å². The van der Waals surface area contributed by atoms with Crippen LogP contribution in [0.1, 0.15) is 86.5 Å². The van der Waals surface area contributed by atoms with Crippen molar-refractivity contribution in [2.75, 3.05) is 106 Å². The molecule has 2 aliphatic rings. The number of aromatic carboxylic acids is 1. The molecule has 6 aromatic carbocycles. The summed E-state index contributed by atoms with van der Waals surface area (Å²) in [6.07, 6.45) is 0. The van der Waals surface area contributed by atoms with Crippen molar-refractivity contribution in [3.8, 4) is 11.8 Å². The number of aromatic nitrogens is 2. The van der Waals surface area contributed by atoms with Crippen molar-refractivity contribution < 1.29 is 68.6 Å². The minimum atomic E-state index is -1.05. The number of rotatable bonds is 17. The Kier molecular flexibility index (Phi) is 23.0. The first-order valence-corrected chi connectivity index (χ1v) is 29.6. The Morgan fingerprint density at radius 1 is 0.576 bits per heavy atom. The number of fused-ring (bicyclic) bond motifs is 2. The fraction of sp³-hybridized carbons (Fsp3) is 0.279. The molecule has 0 unspecified atom stereocenters. The molecule has 0 bridgehead atoms. The highest BCUT2D eigenvalue weighted by atomic mass is 16.5. The molecule has 480 valence electrons. The molecule has 2 fully saturated rings. The van der Waals surface area contributed by atoms with Gasteiger partial charge >= 0.3 is 17.9 Å². The molecule has 9 N–H and O–H groups in total. The van der Waals surface area contributed by atoms with Crippen LogP contribution in [0.2, 0.25) is 0 Å². The molecule has 2 saturated heterocycles. The number of aliphatic hydroxyl groups is 2. The zero-order valence-corrected chi connectivity index (χ0v) is 51.7. The Balaban J connectivity index is 0.000000201. The van der Waals surface area contributed by atoms with Gasteiger partial charge in [-0.1, -0.05) is 60.7 Å². The molecular weight excluding hydrogens is 1180 g/mol. The molecule has 0 saturated carbocycles. The van der Waals surface area contributed by atoms with Gasteiger partial charge in [-0.2, -0.15) is 0 Å². The fourth-order valence-electron chi connectivity index (χ4n) is 10.8. The van der Waals surface area contributed by atoms with Crippen molar-refractivity contribution >= 4 is 86.1 Å². The number of ether oxygens (including phenoxy) is 2. The van der Waals surface area contributed by atoms with E-state index in [9.17, 15) is 48.9 Å². The number of hydrogen-bond donors (Lipinski definition) is 8. The predicted molar refractivity (Wildman–Crippen MR) is 347 cm³/mol. The number of nitrogens with two attached hydrogens (primary N) is 1. The maximum Gasteiger partial charge on any atom is 0.338 e. The number of amides is 3. The van der Waals surface area contributed by atoms with Gasteiger partial charge in [0.15, 0.2) is 5.88 Å². The van der Waals surface area contributed by atoms with Crippen LogP contribution >= 0.6 is 0 Å². The third kappa shape index (κ3) is 16.1. The number of esters is 2. The van der Waals surface area contributed by atoms with Crippen molar-refractivity contribution in [1.82, 2.24) is 34.5 Å². The number of methoxy groups -OCH3 is 2. The predicted octanol–water partition coefficient (Wildman–Crippen LogP) is 6.05. The van der Waals surface area contributed by atoms with Gasteiger partial charge in [-0.25, -0.2) is 24.4 Å². The number of hydrogen-bond acceptors (Lipinski definition) is 18. The van der Waals surface area contributed by atoms with E-state index in [-0.39, 0.29) is 66.9 Å². The standard InChI is InChI=1S/C33H35N5O6.C27H22N2O6.C8H17N3O2/c1-21-18-26-27(19-25(21)33(43)44-2)36-32(42)29(26)30(22-6-4-3-5-7-22)35-24-10-8-23(9-11-24)31(41)34-20-28(40)38-14-12-37(13-15-38)16-17-39;1-15-13-21-22(14-20(15)27(34)35-3)29(16(2)30)25(31)23(21)24(17-7-5-4-6-8-17)28-19-11-9-18(10-12-19)26(32)33;9-7-8(13)11-3-1-10(2-4-11)5-6-12/h3-11,18-19,36,39,42H,12-17,20H2,1-2H3,(H,34,41);4-14,31H,1-3H3,(H,32,33);12H,1-7,9H2. The molecule has 0 atom stereocenters. The average molecular weight is 1260 g/mol. The van der Waals surface area contributed by atoms with E-state index in [0.717, 1.165) is 36.3 Å². The molecule has 2 aromatic heterocycles. The van der Waals surface area contributed by atoms with Crippen LogP contribution in [-0.2, 0) is 19.1 Å². The molecule has 0 spiro atoms. The van der Waals surface area contributed by atoms with E-state index in [1.54, 1.807) is 72.2 Å². The Labute approximate surface area is 530 Å². The number of piperazine rings is 2. The maximum absolute atomic E-state index is 12.8. The van der Waals surface area contributed by atoms with E-state index >= 15 is 0 Å². The number of carboxylic acids is 1. The number of aryl methyl sites for hydroxylation is 2. The van der Waals surface area contributed by atoms with Crippen LogP contribution in [0.15, 0.2) is 143 Å². The molecule has 92 heavy (non-hydrogen) atoms. The highest BCUT2D eigenvalue weighted by Crippen LogP contribution is 2.37. The van der Waals surface area contributed by atoms with Gasteiger partial charge in [-0.3, -0.25) is 33.5 Å². The van der Waals surface area contributed by atoms with Crippen molar-refractivity contribution in [1.29, 1.82) is 0 Å². The summed E-state index contributed by atoms with van der Waals surface area (Å²) in [5.74, 6) is -3.45. The summed E-state index contributed by atoms with van der Waals surface area (Å²) < 4.78 is 10.9. The van der Waals surface area contributed by atoms with Crippen LogP contribution in [0.3, 0.4) is 0 Å². The Morgan fingerprint density at radius 2 is 1.03 bits per heavy atom. The third-order valence-electron chi connectivity index (χ3n) is 15.7. The molecule has 10 rings (SSSR count). The van der Waals surface area contributed by atoms with Gasteiger partial charge < -0.3 is 60.8 Å². The number of nitrogens with one attached hydrogen (secondary N) is 2. The lowest BCUT2D eigenvalue weighted by Crippen LogP contribution is -2.51. The zero-order chi connectivity index (χ0) is 66.2. The second-order valence-corrected chi connectivity index (χ2v) is 21.6. The van der Waals surface area contributed by atoms with Crippen molar-refractivity contribution in [3.63, 3.8) is 0 Å². The van der Waals surface area contributed by atoms with E-state index < -0.39 is 23.8 Å². The summed E-state index contributed by atoms with van der Waals surface area (Å²) in [7, 11) is 2.59. The van der Waals surface area contributed by atoms with E-state index in [0.29, 0.717) is 123 Å². The molecule has 2 aliphatic heterocycles. The van der Waals surface area contributed by atoms with Crippen LogP contribution in [-0.4, -0.2) is 214 Å². The number of aromatic hydroxyl groups is 2. The number of carbonyl (C=O) groups excluding carboxylic acids is 6. The fourth-order valence-corrected chi connectivity index (χ4v) is 10.8. The Morgan fingerprint density at radius 3 is 1.49 bits per heavy atom. The second-order valence-electron chi connectivity index (χ2n) is 21.6. The van der Waals surface area contributed by atoms with Crippen LogP contribution < -0.4 is 11.1 Å². The molecule has 0 radical (unpaired) electrons. The summed E-state index contributed by atoms with van der Waals surface area (Å²) in [6.45, 7) is 12.1. The molecule has 24 nitrogen and oxygen atoms in total. The first-order valence-electron chi connectivity index (χ1n) is 29.6. The highest BCUT2D eigenvalue weighted by Gasteiger charge is 2.28. The number of aliphatic imine (C=N–C) groups is 2. The molecule has 4 heterocycles. The van der Waals surface area contributed by atoms with Gasteiger partial charge in [0.2, 0.25) is 23.6 Å². The number of aliphatic hydroxyl groups excluding tert-OH is 2. The number of nitrogens with zero attached hydrogens (tertiary/aromatic N) is 7. The number of carboxylic acid groups (broad SMARTS) is 1. The summed E-state index contributed by atoms with van der Waals surface area (Å²) in [5, 5.41) is 53.2. The Bertz CT molecular complexity index is 4040. The number of β-amino-alcohol motifs (C(OH)–C–C–N with tert-alkyl or cyclic N) is 2. The lowest BCUT2D eigenvalue weighted by atomic mass is 9.98. The quantitative estimate of drug-likeness (QED) is 0.0380. The minimum absolute atomic E-state index is 0.0173. The first kappa shape index (κ1) is 67.6. The van der Waals surface area contributed by atoms with Crippen LogP contribution in [0.25, 0.3) is 21.8 Å². The molecule has 3 amide bonds. The monoisotopic (exact) mass is 1250 g/mol. The van der Waals surface area contributed by atoms with Crippen LogP contribution in [0.4, 0.5) is 11.4 Å². The zero-order valence-electron chi connectivity index (χ0n) is 51.7. The third-order valence-corrected chi connectivity index (χ3v) is 15.7. The topological polar surface area (TPSA) is 336 Å². The van der Waals surface area contributed by atoms with E-state index in [4.69, 9.17) is 35.4 Å². The summed E-state index contributed by atoms with van der Waals surface area (Å²) in [6, 6.07) is 37.9. The highest BCUT2D eigenvalue weighted by molar-refractivity contribution is 6.24. The van der Waals surface area contributed by atoms with Gasteiger partial charge in [0.05, 0.1) is 96.7 Å². The summed E-state index contributed by atoms with van der Waals surface area (Å²) in [5.41, 5.74) is 12.7. The van der Waals surface area contributed by atoms with Gasteiger partial charge in [0.1, 0.15) is 0 Å². The maximum atomic E-state index is 12.8. The summed E-state index contributed by atoms with van der Waals surface area (Å²) in [4.78, 5) is 105. The molecule has 8 aromatic rings. The average Bonchev–Trinajstić information content (AvgIpc) is 1.60. The number of benzene rings is 6. The smallest absolute Gasteiger partial charge is 0.338 e. The molecular formula is C68H74N10O14. The van der Waals surface area contributed by atoms with Crippen molar-refractivity contribution in [2.45, 2.75) is 20.8 Å². The van der Waals surface area contributed by atoms with Crippen molar-refractivity contribution in [3.05, 3.63) is 189 Å². The normalized spacial score (nSPS) is 13.8. The lowest BCUT2D eigenvalue weighted by molar-refractivity contribution is -0.132. The first-order chi connectivity index (χ1) is 44.3. The largest absolute Gasteiger partial charge is 0.494 e. The number of H-pyrrole nitrogens is 1. The van der Waals surface area contributed by atoms with E-state index in [1.807, 2.05) is 66.7 Å². The second kappa shape index (κ2) is 31.4. The van der Waals surface area contributed by atoms with Gasteiger partial charge in [0.25, 0.3) is 5.91 Å². The SMILES string of the molecule is COC(=O)c1cc2[nH]c(O)c(C(=Nc3ccc(C(=O)NCC(=O)N4CCN(CCO)CC4)cc3)c3ccccc3)c2cc1C.COC(=O)c1cc2c(cc1C)c(C(=Nc1ccc(C(=O)O)cc1)c1ccccc1)c(O)n2C(C)=O.NCC(=O)N1CCN(CCO)CC1. The van der Waals surface area contributed by atoms with Gasteiger partial charge in [-0.15, -0.1) is 0 Å². The molecule has 24 heteroatoms. The van der Waals surface area contributed by atoms with Crippen LogP contribution in [0, 0.1) is 13.8 Å². The van der Waals surface area contributed by atoms with Crippen LogP contribution in [0.5, 0.6) is 11.8 Å². The van der Waals surface area contributed by atoms with Gasteiger partial charge in [0, 0.05) is 105 Å². The lowest BCUT2D eigenvalue weighted by Gasteiger charge is -2.34. The van der Waals surface area contributed by atoms with E-state index in [2.05, 4.69) is 20.1 Å². The minimum Gasteiger partial charge on any atom is -0.494 e. The van der Waals surface area contributed by atoms with Gasteiger partial charge in [-0.05, 0) is 97.8 Å². The Hall–Kier alpha value is -10.4.